The van der Waals surface area contributed by atoms with Crippen molar-refractivity contribution in [2.24, 2.45) is 0 Å². The average molecular weight is 486 g/mol. The molecule has 0 spiro atoms. The maximum atomic E-state index is 13.2. The van der Waals surface area contributed by atoms with Gasteiger partial charge in [0, 0.05) is 31.0 Å². The maximum Gasteiger partial charge on any atom is 0.295 e. The molecule has 1 aromatic heterocycles. The third-order valence-electron chi connectivity index (χ3n) is 6.47. The third kappa shape index (κ3) is 5.47. The summed E-state index contributed by atoms with van der Waals surface area (Å²) in [6.45, 7) is 7.17. The highest BCUT2D eigenvalue weighted by molar-refractivity contribution is 6.46. The van der Waals surface area contributed by atoms with Crippen LogP contribution in [-0.2, 0) is 16.2 Å². The lowest BCUT2D eigenvalue weighted by molar-refractivity contribution is -0.140. The lowest BCUT2D eigenvalue weighted by atomic mass is 9.95. The first kappa shape index (κ1) is 25.1. The minimum absolute atomic E-state index is 0.0750. The van der Waals surface area contributed by atoms with Crippen LogP contribution in [0, 0.1) is 0 Å². The second kappa shape index (κ2) is 11.6. The summed E-state index contributed by atoms with van der Waals surface area (Å²) in [6, 6.07) is 19.7. The van der Waals surface area contributed by atoms with Gasteiger partial charge in [0.2, 0.25) is 0 Å². The van der Waals surface area contributed by atoms with E-state index in [0.29, 0.717) is 36.6 Å². The molecule has 1 N–H and O–H groups in total. The first-order valence-corrected chi connectivity index (χ1v) is 12.2. The van der Waals surface area contributed by atoms with E-state index in [1.54, 1.807) is 29.4 Å². The number of ether oxygens (including phenoxy) is 1. The molecule has 1 fully saturated rings. The Morgan fingerprint density at radius 3 is 2.42 bits per heavy atom. The summed E-state index contributed by atoms with van der Waals surface area (Å²) in [5.41, 5.74) is 2.25. The summed E-state index contributed by atoms with van der Waals surface area (Å²) in [7, 11) is 0. The average Bonchev–Trinajstić information content (AvgIpc) is 3.18. The Hall–Kier alpha value is -3.97. The number of pyridine rings is 1. The summed E-state index contributed by atoms with van der Waals surface area (Å²) in [6.07, 6.45) is 3.08. The van der Waals surface area contributed by atoms with E-state index < -0.39 is 17.7 Å². The number of amides is 1. The molecule has 3 aromatic rings. The first-order chi connectivity index (χ1) is 17.5. The number of hydrogen-bond donors (Lipinski definition) is 1. The number of ketones is 1. The predicted molar refractivity (Wildman–Crippen MR) is 138 cm³/mol. The number of aliphatic hydroxyl groups is 1. The van der Waals surface area contributed by atoms with Crippen molar-refractivity contribution in [3.05, 3.63) is 101 Å². The number of likely N-dealkylation sites (N-methyl/N-ethyl adjacent to an activating group) is 1. The van der Waals surface area contributed by atoms with Crippen molar-refractivity contribution in [2.45, 2.75) is 26.5 Å². The van der Waals surface area contributed by atoms with Crippen LogP contribution >= 0.6 is 0 Å². The maximum absolute atomic E-state index is 13.2. The Balaban J connectivity index is 1.71. The molecule has 0 saturated carbocycles. The summed E-state index contributed by atoms with van der Waals surface area (Å²) in [5.74, 6) is -0.890. The molecule has 0 bridgehead atoms. The SMILES string of the molecule is CCN(CC)CCN1C(=O)C(=O)/C(=C(/O)c2ccncc2)C1c1cccc(OCc2ccccc2)c1. The number of carbonyl (C=O) groups excluding carboxylic acids is 2. The van der Waals surface area contributed by atoms with Crippen molar-refractivity contribution in [1.82, 2.24) is 14.8 Å². The molecule has 186 valence electrons. The van der Waals surface area contributed by atoms with Crippen LogP contribution in [0.25, 0.3) is 5.76 Å². The van der Waals surface area contributed by atoms with E-state index >= 15 is 0 Å². The van der Waals surface area contributed by atoms with Gasteiger partial charge < -0.3 is 19.6 Å². The van der Waals surface area contributed by atoms with Gasteiger partial charge in [0.1, 0.15) is 18.1 Å². The number of nitrogens with zero attached hydrogens (tertiary/aromatic N) is 3. The zero-order valence-corrected chi connectivity index (χ0v) is 20.6. The molecular formula is C29H31N3O4. The number of likely N-dealkylation sites (tertiary alicyclic amines) is 1. The molecule has 7 heteroatoms. The Morgan fingerprint density at radius 2 is 1.72 bits per heavy atom. The van der Waals surface area contributed by atoms with Crippen molar-refractivity contribution in [2.75, 3.05) is 26.2 Å². The number of Topliss-reactive ketones (excluding diaryl/α,β-unsaturated/α-hetero) is 1. The molecule has 36 heavy (non-hydrogen) atoms. The van der Waals surface area contributed by atoms with Crippen molar-refractivity contribution in [3.8, 4) is 5.75 Å². The van der Waals surface area contributed by atoms with E-state index in [4.69, 9.17) is 4.74 Å². The number of rotatable bonds is 10. The summed E-state index contributed by atoms with van der Waals surface area (Å²) >= 11 is 0. The van der Waals surface area contributed by atoms with E-state index in [1.165, 1.54) is 0 Å². The van der Waals surface area contributed by atoms with Crippen LogP contribution < -0.4 is 4.74 Å². The van der Waals surface area contributed by atoms with E-state index in [9.17, 15) is 14.7 Å². The molecule has 2 heterocycles. The van der Waals surface area contributed by atoms with Crippen LogP contribution in [0.15, 0.2) is 84.7 Å². The number of aliphatic hydroxyl groups excluding tert-OH is 1. The second-order valence-electron chi connectivity index (χ2n) is 8.60. The number of benzene rings is 2. The van der Waals surface area contributed by atoms with Crippen LogP contribution in [0.1, 0.15) is 36.6 Å². The van der Waals surface area contributed by atoms with Crippen molar-refractivity contribution in [3.63, 3.8) is 0 Å². The van der Waals surface area contributed by atoms with Crippen LogP contribution in [-0.4, -0.2) is 57.8 Å². The lowest BCUT2D eigenvalue weighted by Gasteiger charge is -2.28. The molecule has 1 aliphatic rings. The van der Waals surface area contributed by atoms with Crippen LogP contribution in [0.3, 0.4) is 0 Å². The minimum Gasteiger partial charge on any atom is -0.507 e. The first-order valence-electron chi connectivity index (χ1n) is 12.2. The minimum atomic E-state index is -0.728. The van der Waals surface area contributed by atoms with Crippen LogP contribution in [0.2, 0.25) is 0 Å². The van der Waals surface area contributed by atoms with Gasteiger partial charge in [-0.3, -0.25) is 14.6 Å². The van der Waals surface area contributed by atoms with E-state index in [-0.39, 0.29) is 11.3 Å². The highest BCUT2D eigenvalue weighted by Gasteiger charge is 2.46. The van der Waals surface area contributed by atoms with Gasteiger partial charge in [0.05, 0.1) is 11.6 Å². The van der Waals surface area contributed by atoms with Crippen molar-refractivity contribution < 1.29 is 19.4 Å². The van der Waals surface area contributed by atoms with E-state index in [0.717, 1.165) is 18.7 Å². The molecule has 1 atom stereocenters. The zero-order chi connectivity index (χ0) is 25.5. The summed E-state index contributed by atoms with van der Waals surface area (Å²) < 4.78 is 6.01. The molecule has 1 unspecified atom stereocenters. The van der Waals surface area contributed by atoms with Crippen molar-refractivity contribution >= 4 is 17.4 Å². The fourth-order valence-electron chi connectivity index (χ4n) is 4.43. The largest absolute Gasteiger partial charge is 0.507 e. The van der Waals surface area contributed by atoms with Gasteiger partial charge in [-0.1, -0.05) is 56.3 Å². The Kier molecular flexibility index (Phi) is 8.13. The quantitative estimate of drug-likeness (QED) is 0.260. The predicted octanol–water partition coefficient (Wildman–Crippen LogP) is 4.42. The Morgan fingerprint density at radius 1 is 1.00 bits per heavy atom. The monoisotopic (exact) mass is 485 g/mol. The third-order valence-corrected chi connectivity index (χ3v) is 6.47. The van der Waals surface area contributed by atoms with Gasteiger partial charge in [0.25, 0.3) is 11.7 Å². The zero-order valence-electron chi connectivity index (χ0n) is 20.6. The van der Waals surface area contributed by atoms with Gasteiger partial charge in [-0.25, -0.2) is 0 Å². The molecule has 4 rings (SSSR count). The Labute approximate surface area is 211 Å². The van der Waals surface area contributed by atoms with Gasteiger partial charge in [-0.05, 0) is 48.5 Å². The van der Waals surface area contributed by atoms with Crippen molar-refractivity contribution in [1.29, 1.82) is 0 Å². The molecule has 7 nitrogen and oxygen atoms in total. The lowest BCUT2D eigenvalue weighted by Crippen LogP contribution is -2.38. The van der Waals surface area contributed by atoms with E-state index in [2.05, 4.69) is 23.7 Å². The number of hydrogen-bond acceptors (Lipinski definition) is 6. The Bertz CT molecular complexity index is 1220. The standard InChI is InChI=1S/C29H31N3O4/c1-3-31(4-2)17-18-32-26(25(28(34)29(32)35)27(33)22-13-15-30-16-14-22)23-11-8-12-24(19-23)36-20-21-9-6-5-7-10-21/h5-16,19,26,33H,3-4,17-18,20H2,1-2H3/b27-25+. The van der Waals surface area contributed by atoms with Gasteiger partial charge >= 0.3 is 0 Å². The fourth-order valence-corrected chi connectivity index (χ4v) is 4.43. The highest BCUT2D eigenvalue weighted by atomic mass is 16.5. The second-order valence-corrected chi connectivity index (χ2v) is 8.60. The molecule has 1 amide bonds. The van der Waals surface area contributed by atoms with Gasteiger partial charge in [-0.2, -0.15) is 0 Å². The molecule has 1 aliphatic heterocycles. The molecule has 1 saturated heterocycles. The van der Waals surface area contributed by atoms with Gasteiger partial charge in [-0.15, -0.1) is 0 Å². The van der Waals surface area contributed by atoms with E-state index in [1.807, 2.05) is 54.6 Å². The summed E-state index contributed by atoms with van der Waals surface area (Å²) in [5, 5.41) is 11.2. The number of carbonyl (C=O) groups is 2. The highest BCUT2D eigenvalue weighted by Crippen LogP contribution is 2.40. The smallest absolute Gasteiger partial charge is 0.295 e. The molecule has 2 aromatic carbocycles. The summed E-state index contributed by atoms with van der Waals surface area (Å²) in [4.78, 5) is 34.2. The van der Waals surface area contributed by atoms with Crippen LogP contribution in [0.5, 0.6) is 5.75 Å². The fraction of sp³-hybridized carbons (Fsp3) is 0.276. The molecule has 0 radical (unpaired) electrons. The number of aromatic nitrogens is 1. The molecular weight excluding hydrogens is 454 g/mol. The van der Waals surface area contributed by atoms with Gasteiger partial charge in [0.15, 0.2) is 0 Å². The normalized spacial score (nSPS) is 17.1. The molecule has 0 aliphatic carbocycles. The van der Waals surface area contributed by atoms with Crippen LogP contribution in [0.4, 0.5) is 0 Å². The topological polar surface area (TPSA) is 83.0 Å².